The van der Waals surface area contributed by atoms with E-state index >= 15 is 0 Å². The Kier molecular flexibility index (Phi) is 6.46. The Labute approximate surface area is 188 Å². The molecule has 1 saturated heterocycles. The molecule has 0 N–H and O–H groups in total. The molecule has 8 nitrogen and oxygen atoms in total. The molecule has 0 aliphatic carbocycles. The maximum absolute atomic E-state index is 14.0. The Morgan fingerprint density at radius 2 is 1.47 bits per heavy atom. The van der Waals surface area contributed by atoms with Gasteiger partial charge in [-0.3, -0.25) is 0 Å². The number of sulfonamides is 1. The maximum Gasteiger partial charge on any atom is 0.342 e. The van der Waals surface area contributed by atoms with Crippen LogP contribution in [0.4, 0.5) is 0 Å². The largest absolute Gasteiger partial charge is 0.467 e. The molecule has 0 spiro atoms. The van der Waals surface area contributed by atoms with Crippen LogP contribution in [0.15, 0.2) is 59.5 Å². The smallest absolute Gasteiger partial charge is 0.342 e. The van der Waals surface area contributed by atoms with Gasteiger partial charge in [-0.2, -0.15) is 4.31 Å². The lowest BCUT2D eigenvalue weighted by Crippen LogP contribution is -2.69. The van der Waals surface area contributed by atoms with Crippen molar-refractivity contribution in [3.05, 3.63) is 65.7 Å². The lowest BCUT2D eigenvalue weighted by atomic mass is 9.81. The summed E-state index contributed by atoms with van der Waals surface area (Å²) in [5, 5.41) is 0. The number of hydrogen-bond donors (Lipinski definition) is 0. The highest BCUT2D eigenvalue weighted by atomic mass is 32.2. The second kappa shape index (κ2) is 8.65. The van der Waals surface area contributed by atoms with Gasteiger partial charge >= 0.3 is 11.9 Å². The van der Waals surface area contributed by atoms with E-state index in [4.69, 9.17) is 14.2 Å². The summed E-state index contributed by atoms with van der Waals surface area (Å²) in [6, 6.07) is 14.1. The molecule has 0 amide bonds. The molecular weight excluding hydrogens is 434 g/mol. The molecule has 2 aromatic rings. The van der Waals surface area contributed by atoms with Crippen molar-refractivity contribution >= 4 is 22.0 Å². The van der Waals surface area contributed by atoms with Crippen molar-refractivity contribution in [2.24, 2.45) is 0 Å². The first-order valence-electron chi connectivity index (χ1n) is 9.98. The highest BCUT2D eigenvalue weighted by molar-refractivity contribution is 7.89. The fraction of sp³-hybridized carbons (Fsp3) is 0.391. The summed E-state index contributed by atoms with van der Waals surface area (Å²) in [5.74, 6) is -2.16. The van der Waals surface area contributed by atoms with E-state index < -0.39 is 39.1 Å². The van der Waals surface area contributed by atoms with E-state index in [-0.39, 0.29) is 11.3 Å². The maximum atomic E-state index is 14.0. The Balaban J connectivity index is 2.41. The number of carbonyl (C=O) groups excluding carboxylic acids is 2. The topological polar surface area (TPSA) is 99.2 Å². The van der Waals surface area contributed by atoms with E-state index in [1.54, 1.807) is 42.5 Å². The van der Waals surface area contributed by atoms with Crippen LogP contribution in [0.25, 0.3) is 0 Å². The van der Waals surface area contributed by atoms with Gasteiger partial charge in [-0.15, -0.1) is 0 Å². The van der Waals surface area contributed by atoms with Gasteiger partial charge < -0.3 is 14.2 Å². The minimum absolute atomic E-state index is 0.0167. The second-order valence-electron chi connectivity index (χ2n) is 7.87. The molecule has 1 heterocycles. The first kappa shape index (κ1) is 23.9. The third-order valence-corrected chi connectivity index (χ3v) is 8.05. The number of methoxy groups -OCH3 is 3. The van der Waals surface area contributed by atoms with Gasteiger partial charge in [0.15, 0.2) is 0 Å². The highest BCUT2D eigenvalue weighted by Gasteiger charge is 2.75. The number of benzene rings is 2. The van der Waals surface area contributed by atoms with E-state index in [0.29, 0.717) is 5.56 Å². The molecule has 0 bridgehead atoms. The molecule has 2 aromatic carbocycles. The van der Waals surface area contributed by atoms with Crippen molar-refractivity contribution in [2.75, 3.05) is 21.3 Å². The van der Waals surface area contributed by atoms with Gasteiger partial charge in [-0.1, -0.05) is 48.0 Å². The predicted octanol–water partition coefficient (Wildman–Crippen LogP) is 2.62. The molecule has 172 valence electrons. The molecule has 32 heavy (non-hydrogen) atoms. The molecule has 0 aromatic heterocycles. The van der Waals surface area contributed by atoms with Gasteiger partial charge in [0, 0.05) is 7.11 Å². The summed E-state index contributed by atoms with van der Waals surface area (Å²) in [6.45, 7) is 3.34. The van der Waals surface area contributed by atoms with E-state index in [1.165, 1.54) is 26.2 Å². The number of nitrogens with zero attached hydrogens (tertiary/aromatic N) is 1. The fourth-order valence-electron chi connectivity index (χ4n) is 4.39. The monoisotopic (exact) mass is 461 g/mol. The van der Waals surface area contributed by atoms with Crippen LogP contribution in [0, 0.1) is 6.92 Å². The van der Waals surface area contributed by atoms with Crippen molar-refractivity contribution in [1.29, 1.82) is 0 Å². The first-order chi connectivity index (χ1) is 15.1. The lowest BCUT2D eigenvalue weighted by molar-refractivity contribution is -0.182. The Hall–Kier alpha value is -2.75. The van der Waals surface area contributed by atoms with Gasteiger partial charge in [0.1, 0.15) is 5.60 Å². The van der Waals surface area contributed by atoms with Crippen LogP contribution in [0.3, 0.4) is 0 Å². The van der Waals surface area contributed by atoms with Gasteiger partial charge in [0.2, 0.25) is 10.0 Å². The average molecular weight is 462 g/mol. The Bertz CT molecular complexity index is 1080. The van der Waals surface area contributed by atoms with Crippen LogP contribution in [0.5, 0.6) is 0 Å². The summed E-state index contributed by atoms with van der Waals surface area (Å²) < 4.78 is 44.7. The fourth-order valence-corrected chi connectivity index (χ4v) is 6.33. The zero-order valence-electron chi connectivity index (χ0n) is 18.7. The van der Waals surface area contributed by atoms with Crippen LogP contribution in [-0.4, -0.2) is 57.1 Å². The van der Waals surface area contributed by atoms with E-state index in [9.17, 15) is 18.0 Å². The number of esters is 2. The molecular formula is C23H27NO7S. The summed E-state index contributed by atoms with van der Waals surface area (Å²) in [7, 11) is -0.890. The lowest BCUT2D eigenvalue weighted by Gasteiger charge is -2.41. The minimum atomic E-state index is -4.40. The quantitative estimate of drug-likeness (QED) is 0.482. The van der Waals surface area contributed by atoms with Crippen LogP contribution in [0.1, 0.15) is 30.5 Å². The first-order valence-corrected chi connectivity index (χ1v) is 11.4. The third-order valence-electron chi connectivity index (χ3n) is 6.14. The Morgan fingerprint density at radius 3 is 1.94 bits per heavy atom. The summed E-state index contributed by atoms with van der Waals surface area (Å²) >= 11 is 0. The molecule has 0 unspecified atom stereocenters. The minimum Gasteiger partial charge on any atom is -0.467 e. The van der Waals surface area contributed by atoms with Crippen LogP contribution >= 0.6 is 0 Å². The number of ether oxygens (including phenoxy) is 3. The van der Waals surface area contributed by atoms with Crippen LogP contribution < -0.4 is 0 Å². The van der Waals surface area contributed by atoms with E-state index in [2.05, 4.69) is 0 Å². The normalized spacial score (nSPS) is 23.0. The molecule has 1 fully saturated rings. The molecule has 0 radical (unpaired) electrons. The number of carbonyl (C=O) groups is 2. The Morgan fingerprint density at radius 1 is 0.938 bits per heavy atom. The molecule has 1 aliphatic heterocycles. The van der Waals surface area contributed by atoms with Gasteiger partial charge in [-0.05, 0) is 38.0 Å². The number of aryl methyl sites for hydroxylation is 1. The summed E-state index contributed by atoms with van der Waals surface area (Å²) in [4.78, 5) is 26.6. The van der Waals surface area contributed by atoms with Crippen molar-refractivity contribution in [3.8, 4) is 0 Å². The number of rotatable bonds is 6. The molecule has 3 rings (SSSR count). The predicted molar refractivity (Wildman–Crippen MR) is 116 cm³/mol. The zero-order valence-corrected chi connectivity index (χ0v) is 19.5. The second-order valence-corrected chi connectivity index (χ2v) is 9.69. The summed E-state index contributed by atoms with van der Waals surface area (Å²) in [6.07, 6.45) is 0.0167. The summed E-state index contributed by atoms with van der Waals surface area (Å²) in [5.41, 5.74) is -2.53. The SMILES string of the molecule is COC(=O)C1(C(=O)OC)N(S(=O)(=O)c2ccc(C)cc2)[C@H](c2ccccc2)C[C@]1(C)OC. The molecule has 0 saturated carbocycles. The van der Waals surface area contributed by atoms with Crippen LogP contribution in [-0.2, 0) is 33.8 Å². The molecule has 1 aliphatic rings. The molecule has 9 heteroatoms. The highest BCUT2D eigenvalue weighted by Crippen LogP contribution is 2.54. The van der Waals surface area contributed by atoms with E-state index in [1.807, 2.05) is 6.92 Å². The van der Waals surface area contributed by atoms with Crippen molar-refractivity contribution < 1.29 is 32.2 Å². The molecule has 2 atom stereocenters. The number of hydrogen-bond acceptors (Lipinski definition) is 7. The van der Waals surface area contributed by atoms with Gasteiger partial charge in [0.25, 0.3) is 5.54 Å². The standard InChI is InChI=1S/C23H27NO7S/c1-16-11-13-18(14-12-16)32(27,28)24-19(17-9-7-6-8-10-17)15-22(2,31-5)23(24,20(25)29-3)21(26)30-4/h6-14,19H,15H2,1-5H3/t19-,22-/m0/s1. The van der Waals surface area contributed by atoms with E-state index in [0.717, 1.165) is 24.1 Å². The average Bonchev–Trinajstić information content (AvgIpc) is 3.10. The van der Waals surface area contributed by atoms with Crippen molar-refractivity contribution in [3.63, 3.8) is 0 Å². The third kappa shape index (κ3) is 3.41. The van der Waals surface area contributed by atoms with Crippen molar-refractivity contribution in [1.82, 2.24) is 4.31 Å². The van der Waals surface area contributed by atoms with Crippen LogP contribution in [0.2, 0.25) is 0 Å². The van der Waals surface area contributed by atoms with Gasteiger partial charge in [-0.25, -0.2) is 18.0 Å². The zero-order chi connectivity index (χ0) is 23.7. The van der Waals surface area contributed by atoms with Gasteiger partial charge in [0.05, 0.1) is 25.2 Å². The van der Waals surface area contributed by atoms with Crippen molar-refractivity contribution in [2.45, 2.75) is 42.3 Å².